The zero-order chi connectivity index (χ0) is 14.2. The van der Waals surface area contributed by atoms with Crippen LogP contribution in [0.25, 0.3) is 11.3 Å². The normalized spacial score (nSPS) is 10.5. The molecular weight excluding hydrogens is 251 g/mol. The highest BCUT2D eigenvalue weighted by Crippen LogP contribution is 2.30. The number of nitrogens with zero attached hydrogens (tertiary/aromatic N) is 2. The average molecular weight is 264 g/mol. The zero-order valence-electron chi connectivity index (χ0n) is 10.8. The average Bonchev–Trinajstić information content (AvgIpc) is 2.72. The molecule has 0 spiro atoms. The van der Waals surface area contributed by atoms with Crippen LogP contribution in [0.1, 0.15) is 16.1 Å². The SMILES string of the molecule is COc1cc(-c2cc(C(=O)O)nn2C)c(F)cc1C. The van der Waals surface area contributed by atoms with Gasteiger partial charge >= 0.3 is 5.97 Å². The molecule has 0 radical (unpaired) electrons. The Morgan fingerprint density at radius 1 is 1.42 bits per heavy atom. The molecule has 2 aromatic rings. The molecular formula is C13H13FN2O3. The van der Waals surface area contributed by atoms with Crippen LogP contribution >= 0.6 is 0 Å². The molecule has 1 aromatic carbocycles. The van der Waals surface area contributed by atoms with Crippen LogP contribution in [0.4, 0.5) is 4.39 Å². The summed E-state index contributed by atoms with van der Waals surface area (Å²) in [6.07, 6.45) is 0. The van der Waals surface area contributed by atoms with E-state index in [4.69, 9.17) is 9.84 Å². The van der Waals surface area contributed by atoms with E-state index in [1.165, 1.54) is 30.0 Å². The molecule has 0 atom stereocenters. The smallest absolute Gasteiger partial charge is 0.356 e. The van der Waals surface area contributed by atoms with E-state index < -0.39 is 11.8 Å². The zero-order valence-corrected chi connectivity index (χ0v) is 10.8. The number of benzene rings is 1. The van der Waals surface area contributed by atoms with Crippen LogP contribution in [0.5, 0.6) is 5.75 Å². The third-order valence-corrected chi connectivity index (χ3v) is 2.86. The molecule has 0 amide bonds. The molecule has 2 rings (SSSR count). The molecule has 0 aliphatic rings. The Bertz CT molecular complexity index is 650. The van der Waals surface area contributed by atoms with Crippen LogP contribution in [0.3, 0.4) is 0 Å². The highest BCUT2D eigenvalue weighted by molar-refractivity contribution is 5.87. The predicted octanol–water partition coefficient (Wildman–Crippen LogP) is 2.24. The molecule has 100 valence electrons. The lowest BCUT2D eigenvalue weighted by Crippen LogP contribution is -2.00. The minimum atomic E-state index is -1.15. The Morgan fingerprint density at radius 3 is 2.63 bits per heavy atom. The fraction of sp³-hybridized carbons (Fsp3) is 0.231. The molecule has 0 fully saturated rings. The first-order valence-electron chi connectivity index (χ1n) is 5.56. The fourth-order valence-electron chi connectivity index (χ4n) is 1.89. The second-order valence-electron chi connectivity index (χ2n) is 4.15. The summed E-state index contributed by atoms with van der Waals surface area (Å²) in [6, 6.07) is 4.21. The van der Waals surface area contributed by atoms with Crippen molar-refractivity contribution in [3.63, 3.8) is 0 Å². The van der Waals surface area contributed by atoms with E-state index >= 15 is 0 Å². The summed E-state index contributed by atoms with van der Waals surface area (Å²) < 4.78 is 20.5. The van der Waals surface area contributed by atoms with E-state index in [0.29, 0.717) is 17.0 Å². The summed E-state index contributed by atoms with van der Waals surface area (Å²) in [5.74, 6) is -1.06. The van der Waals surface area contributed by atoms with Crippen molar-refractivity contribution >= 4 is 5.97 Å². The van der Waals surface area contributed by atoms with Crippen molar-refractivity contribution in [2.24, 2.45) is 7.05 Å². The molecule has 5 nitrogen and oxygen atoms in total. The van der Waals surface area contributed by atoms with E-state index in [9.17, 15) is 9.18 Å². The van der Waals surface area contributed by atoms with E-state index in [2.05, 4.69) is 5.10 Å². The van der Waals surface area contributed by atoms with E-state index in [1.807, 2.05) is 0 Å². The second-order valence-corrected chi connectivity index (χ2v) is 4.15. The van der Waals surface area contributed by atoms with Gasteiger partial charge in [-0.05, 0) is 30.7 Å². The lowest BCUT2D eigenvalue weighted by atomic mass is 10.1. The van der Waals surface area contributed by atoms with Crippen LogP contribution in [0.15, 0.2) is 18.2 Å². The number of halogens is 1. The standard InChI is InChI=1S/C13H13FN2O3/c1-7-4-9(14)8(5-12(7)19-3)11-6-10(13(17)18)15-16(11)2/h4-6H,1-3H3,(H,17,18). The third-order valence-electron chi connectivity index (χ3n) is 2.86. The van der Waals surface area contributed by atoms with E-state index in [1.54, 1.807) is 14.0 Å². The maximum Gasteiger partial charge on any atom is 0.356 e. The number of methoxy groups -OCH3 is 1. The topological polar surface area (TPSA) is 64.3 Å². The number of hydrogen-bond acceptors (Lipinski definition) is 3. The van der Waals surface area contributed by atoms with E-state index in [-0.39, 0.29) is 11.3 Å². The maximum absolute atomic E-state index is 14.0. The number of rotatable bonds is 3. The minimum absolute atomic E-state index is 0.128. The van der Waals surface area contributed by atoms with Gasteiger partial charge in [-0.2, -0.15) is 5.10 Å². The number of aryl methyl sites for hydroxylation is 2. The Morgan fingerprint density at radius 2 is 2.11 bits per heavy atom. The van der Waals surface area contributed by atoms with Gasteiger partial charge in [0.2, 0.25) is 0 Å². The molecule has 0 aliphatic heterocycles. The molecule has 1 N–H and O–H groups in total. The van der Waals surface area contributed by atoms with Gasteiger partial charge in [0.15, 0.2) is 5.69 Å². The number of aromatic carboxylic acids is 1. The van der Waals surface area contributed by atoms with Gasteiger partial charge in [0.1, 0.15) is 11.6 Å². The number of carbonyl (C=O) groups is 1. The van der Waals surface area contributed by atoms with Crippen molar-refractivity contribution in [2.45, 2.75) is 6.92 Å². The summed E-state index contributed by atoms with van der Waals surface area (Å²) >= 11 is 0. The molecule has 0 bridgehead atoms. The summed E-state index contributed by atoms with van der Waals surface area (Å²) in [5.41, 5.74) is 1.18. The molecule has 19 heavy (non-hydrogen) atoms. The number of ether oxygens (including phenoxy) is 1. The van der Waals surface area contributed by atoms with Gasteiger partial charge in [-0.3, -0.25) is 4.68 Å². The Labute approximate surface area is 109 Å². The Hall–Kier alpha value is -2.37. The number of aromatic nitrogens is 2. The summed E-state index contributed by atoms with van der Waals surface area (Å²) in [5, 5.41) is 12.7. The predicted molar refractivity (Wildman–Crippen MR) is 66.9 cm³/mol. The molecule has 0 saturated carbocycles. The van der Waals surface area contributed by atoms with Crippen LogP contribution in [0.2, 0.25) is 0 Å². The first-order valence-corrected chi connectivity index (χ1v) is 5.56. The largest absolute Gasteiger partial charge is 0.496 e. The fourth-order valence-corrected chi connectivity index (χ4v) is 1.89. The second kappa shape index (κ2) is 4.72. The molecule has 6 heteroatoms. The van der Waals surface area contributed by atoms with Gasteiger partial charge < -0.3 is 9.84 Å². The first-order chi connectivity index (χ1) is 8.93. The molecule has 0 unspecified atom stereocenters. The van der Waals surface area contributed by atoms with Gasteiger partial charge in [-0.15, -0.1) is 0 Å². The Kier molecular flexibility index (Phi) is 3.25. The highest BCUT2D eigenvalue weighted by atomic mass is 19.1. The quantitative estimate of drug-likeness (QED) is 0.923. The maximum atomic E-state index is 14.0. The first kappa shape index (κ1) is 13.1. The van der Waals surface area contributed by atoms with Crippen LogP contribution < -0.4 is 4.74 Å². The van der Waals surface area contributed by atoms with Crippen LogP contribution in [-0.2, 0) is 7.05 Å². The van der Waals surface area contributed by atoms with Crippen molar-refractivity contribution in [3.05, 3.63) is 35.3 Å². The molecule has 0 saturated heterocycles. The molecule has 0 aliphatic carbocycles. The number of carboxylic acid groups (broad SMARTS) is 1. The van der Waals surface area contributed by atoms with Crippen LogP contribution in [0, 0.1) is 12.7 Å². The Balaban J connectivity index is 2.61. The summed E-state index contributed by atoms with van der Waals surface area (Å²) in [6.45, 7) is 1.73. The minimum Gasteiger partial charge on any atom is -0.496 e. The summed E-state index contributed by atoms with van der Waals surface area (Å²) in [7, 11) is 3.06. The van der Waals surface area contributed by atoms with Gasteiger partial charge in [0.05, 0.1) is 12.8 Å². The van der Waals surface area contributed by atoms with Gasteiger partial charge in [0, 0.05) is 12.6 Å². The molecule has 1 heterocycles. The van der Waals surface area contributed by atoms with Gasteiger partial charge in [-0.1, -0.05) is 0 Å². The monoisotopic (exact) mass is 264 g/mol. The number of carboxylic acids is 1. The van der Waals surface area contributed by atoms with Crippen molar-refractivity contribution in [1.82, 2.24) is 9.78 Å². The van der Waals surface area contributed by atoms with Crippen molar-refractivity contribution < 1.29 is 19.0 Å². The lowest BCUT2D eigenvalue weighted by Gasteiger charge is -2.09. The van der Waals surface area contributed by atoms with E-state index in [0.717, 1.165) is 0 Å². The van der Waals surface area contributed by atoms with Gasteiger partial charge in [0.25, 0.3) is 0 Å². The molecule has 1 aromatic heterocycles. The lowest BCUT2D eigenvalue weighted by molar-refractivity contribution is 0.0689. The third kappa shape index (κ3) is 2.29. The van der Waals surface area contributed by atoms with Crippen molar-refractivity contribution in [1.29, 1.82) is 0 Å². The van der Waals surface area contributed by atoms with Crippen LogP contribution in [-0.4, -0.2) is 28.0 Å². The van der Waals surface area contributed by atoms with Gasteiger partial charge in [-0.25, -0.2) is 9.18 Å². The highest BCUT2D eigenvalue weighted by Gasteiger charge is 2.17. The number of hydrogen-bond donors (Lipinski definition) is 1. The van der Waals surface area contributed by atoms with Crippen molar-refractivity contribution in [2.75, 3.05) is 7.11 Å². The van der Waals surface area contributed by atoms with Crippen molar-refractivity contribution in [3.8, 4) is 17.0 Å². The summed E-state index contributed by atoms with van der Waals surface area (Å²) in [4.78, 5) is 10.9.